The van der Waals surface area contributed by atoms with Gasteiger partial charge in [-0.3, -0.25) is 0 Å². The average Bonchev–Trinajstić information content (AvgIpc) is 2.79. The molecule has 1 unspecified atom stereocenters. The molecule has 1 aromatic heterocycles. The Balaban J connectivity index is 2.17. The van der Waals surface area contributed by atoms with Gasteiger partial charge in [-0.1, -0.05) is 22.0 Å². The van der Waals surface area contributed by atoms with Gasteiger partial charge >= 0.3 is 0 Å². The second-order valence-corrected chi connectivity index (χ2v) is 4.97. The van der Waals surface area contributed by atoms with E-state index in [9.17, 15) is 0 Å². The number of hydrogen-bond acceptors (Lipinski definition) is 3. The monoisotopic (exact) mass is 292 g/mol. The molecule has 1 atom stereocenters. The molecule has 0 amide bonds. The van der Waals surface area contributed by atoms with Crippen molar-refractivity contribution in [1.29, 1.82) is 5.26 Å². The van der Waals surface area contributed by atoms with Crippen LogP contribution in [-0.2, 0) is 0 Å². The van der Waals surface area contributed by atoms with Gasteiger partial charge in [-0.25, -0.2) is 0 Å². The molecule has 1 N–H and O–H groups in total. The van der Waals surface area contributed by atoms with Gasteiger partial charge in [-0.15, -0.1) is 0 Å². The molecule has 2 aromatic rings. The zero-order valence-electron chi connectivity index (χ0n) is 8.35. The van der Waals surface area contributed by atoms with Crippen molar-refractivity contribution in [3.63, 3.8) is 0 Å². The molecule has 0 saturated carbocycles. The summed E-state index contributed by atoms with van der Waals surface area (Å²) in [4.78, 5) is 0. The predicted octanol–water partition coefficient (Wildman–Crippen LogP) is 4.19. The minimum absolute atomic E-state index is 0.291. The average molecular weight is 293 g/mol. The smallest absolute Gasteiger partial charge is 0.141 e. The quantitative estimate of drug-likeness (QED) is 0.921. The SMILES string of the molecule is N#CC(Nc1cccc(Br)c1)c1ccsc1. The van der Waals surface area contributed by atoms with E-state index >= 15 is 0 Å². The number of nitrogens with zero attached hydrogens (tertiary/aromatic N) is 1. The third-order valence-electron chi connectivity index (χ3n) is 2.14. The molecular weight excluding hydrogens is 284 g/mol. The third-order valence-corrected chi connectivity index (χ3v) is 3.34. The highest BCUT2D eigenvalue weighted by Gasteiger charge is 2.10. The standard InChI is InChI=1S/C12H9BrN2S/c13-10-2-1-3-11(6-10)15-12(7-14)9-4-5-16-8-9/h1-6,8,12,15H. The summed E-state index contributed by atoms with van der Waals surface area (Å²) in [7, 11) is 0. The number of hydrogen-bond donors (Lipinski definition) is 1. The molecule has 16 heavy (non-hydrogen) atoms. The maximum Gasteiger partial charge on any atom is 0.141 e. The molecule has 0 aliphatic rings. The first-order valence-corrected chi connectivity index (χ1v) is 6.47. The summed E-state index contributed by atoms with van der Waals surface area (Å²) in [6, 6.07) is 11.7. The Kier molecular flexibility index (Phi) is 3.60. The van der Waals surface area contributed by atoms with Crippen molar-refractivity contribution in [2.45, 2.75) is 6.04 Å². The summed E-state index contributed by atoms with van der Waals surface area (Å²) in [6.07, 6.45) is 0. The Morgan fingerprint density at radius 2 is 2.25 bits per heavy atom. The number of thiophene rings is 1. The highest BCUT2D eigenvalue weighted by Crippen LogP contribution is 2.23. The van der Waals surface area contributed by atoms with Gasteiger partial charge < -0.3 is 5.32 Å². The molecule has 0 saturated heterocycles. The minimum atomic E-state index is -0.291. The molecule has 0 spiro atoms. The Labute approximate surface area is 107 Å². The maximum absolute atomic E-state index is 9.11. The third kappa shape index (κ3) is 2.63. The van der Waals surface area contributed by atoms with Crippen LogP contribution < -0.4 is 5.32 Å². The number of rotatable bonds is 3. The lowest BCUT2D eigenvalue weighted by Crippen LogP contribution is -2.07. The van der Waals surface area contributed by atoms with Gasteiger partial charge in [0.25, 0.3) is 0 Å². The summed E-state index contributed by atoms with van der Waals surface area (Å²) >= 11 is 5.00. The second kappa shape index (κ2) is 5.15. The molecular formula is C12H9BrN2S. The number of anilines is 1. The van der Waals surface area contributed by atoms with Crippen molar-refractivity contribution in [2.24, 2.45) is 0 Å². The first-order valence-electron chi connectivity index (χ1n) is 4.73. The van der Waals surface area contributed by atoms with Crippen LogP contribution in [0.2, 0.25) is 0 Å². The Morgan fingerprint density at radius 3 is 2.88 bits per heavy atom. The van der Waals surface area contributed by atoms with E-state index in [0.29, 0.717) is 0 Å². The molecule has 80 valence electrons. The van der Waals surface area contributed by atoms with Gasteiger partial charge in [-0.05, 0) is 40.6 Å². The predicted molar refractivity (Wildman–Crippen MR) is 70.4 cm³/mol. The molecule has 0 fully saturated rings. The normalized spacial score (nSPS) is 11.8. The fourth-order valence-corrected chi connectivity index (χ4v) is 2.46. The van der Waals surface area contributed by atoms with Crippen molar-refractivity contribution in [2.75, 3.05) is 5.32 Å². The lowest BCUT2D eigenvalue weighted by Gasteiger charge is -2.11. The van der Waals surface area contributed by atoms with Gasteiger partial charge in [0, 0.05) is 10.2 Å². The molecule has 0 radical (unpaired) electrons. The molecule has 0 aliphatic heterocycles. The second-order valence-electron chi connectivity index (χ2n) is 3.27. The highest BCUT2D eigenvalue weighted by atomic mass is 79.9. The molecule has 1 aromatic carbocycles. The van der Waals surface area contributed by atoms with E-state index in [1.54, 1.807) is 11.3 Å². The van der Waals surface area contributed by atoms with Gasteiger partial charge in [-0.2, -0.15) is 16.6 Å². The van der Waals surface area contributed by atoms with Crippen LogP contribution in [0.5, 0.6) is 0 Å². The number of benzene rings is 1. The minimum Gasteiger partial charge on any atom is -0.366 e. The Morgan fingerprint density at radius 1 is 1.38 bits per heavy atom. The van der Waals surface area contributed by atoms with Crippen LogP contribution >= 0.6 is 27.3 Å². The van der Waals surface area contributed by atoms with Gasteiger partial charge in [0.15, 0.2) is 0 Å². The lowest BCUT2D eigenvalue weighted by molar-refractivity contribution is 1.01. The highest BCUT2D eigenvalue weighted by molar-refractivity contribution is 9.10. The van der Waals surface area contributed by atoms with Gasteiger partial charge in [0.05, 0.1) is 6.07 Å². The lowest BCUT2D eigenvalue weighted by atomic mass is 10.1. The largest absolute Gasteiger partial charge is 0.366 e. The zero-order chi connectivity index (χ0) is 11.4. The number of nitrogens with one attached hydrogen (secondary N) is 1. The number of halogens is 1. The molecule has 0 bridgehead atoms. The van der Waals surface area contributed by atoms with E-state index in [-0.39, 0.29) is 6.04 Å². The summed E-state index contributed by atoms with van der Waals surface area (Å²) in [5.41, 5.74) is 1.94. The molecule has 2 rings (SSSR count). The molecule has 0 aliphatic carbocycles. The van der Waals surface area contributed by atoms with E-state index in [1.807, 2.05) is 41.1 Å². The van der Waals surface area contributed by atoms with Crippen LogP contribution in [0.4, 0.5) is 5.69 Å². The van der Waals surface area contributed by atoms with Crippen LogP contribution in [0.3, 0.4) is 0 Å². The first kappa shape index (κ1) is 11.2. The van der Waals surface area contributed by atoms with Crippen LogP contribution in [-0.4, -0.2) is 0 Å². The Bertz CT molecular complexity index is 502. The fourth-order valence-electron chi connectivity index (χ4n) is 1.37. The van der Waals surface area contributed by atoms with E-state index in [2.05, 4.69) is 27.3 Å². The van der Waals surface area contributed by atoms with Crippen molar-refractivity contribution in [1.82, 2.24) is 0 Å². The van der Waals surface area contributed by atoms with Crippen LogP contribution in [0.25, 0.3) is 0 Å². The van der Waals surface area contributed by atoms with Gasteiger partial charge in [0.2, 0.25) is 0 Å². The summed E-state index contributed by atoms with van der Waals surface area (Å²) in [6.45, 7) is 0. The van der Waals surface area contributed by atoms with Crippen molar-refractivity contribution in [3.8, 4) is 6.07 Å². The summed E-state index contributed by atoms with van der Waals surface area (Å²) in [5.74, 6) is 0. The maximum atomic E-state index is 9.11. The fraction of sp³-hybridized carbons (Fsp3) is 0.0833. The van der Waals surface area contributed by atoms with E-state index in [0.717, 1.165) is 15.7 Å². The van der Waals surface area contributed by atoms with Crippen LogP contribution in [0.15, 0.2) is 45.6 Å². The first-order chi connectivity index (χ1) is 7.79. The van der Waals surface area contributed by atoms with E-state index in [4.69, 9.17) is 5.26 Å². The van der Waals surface area contributed by atoms with Crippen LogP contribution in [0.1, 0.15) is 11.6 Å². The summed E-state index contributed by atoms with van der Waals surface area (Å²) in [5, 5.41) is 16.3. The van der Waals surface area contributed by atoms with E-state index < -0.39 is 0 Å². The summed E-state index contributed by atoms with van der Waals surface area (Å²) < 4.78 is 1.000. The molecule has 4 heteroatoms. The zero-order valence-corrected chi connectivity index (χ0v) is 10.8. The van der Waals surface area contributed by atoms with Gasteiger partial charge in [0.1, 0.15) is 6.04 Å². The molecule has 2 nitrogen and oxygen atoms in total. The van der Waals surface area contributed by atoms with Crippen molar-refractivity contribution >= 4 is 33.0 Å². The molecule has 1 heterocycles. The van der Waals surface area contributed by atoms with E-state index in [1.165, 1.54) is 0 Å². The topological polar surface area (TPSA) is 35.8 Å². The van der Waals surface area contributed by atoms with Crippen molar-refractivity contribution < 1.29 is 0 Å². The number of nitriles is 1. The van der Waals surface area contributed by atoms with Crippen LogP contribution in [0, 0.1) is 11.3 Å². The Hall–Kier alpha value is -1.31. The van der Waals surface area contributed by atoms with Crippen molar-refractivity contribution in [3.05, 3.63) is 51.1 Å².